The fourth-order valence-electron chi connectivity index (χ4n) is 3.49. The molecule has 0 bridgehead atoms. The van der Waals surface area contributed by atoms with E-state index in [4.69, 9.17) is 11.6 Å². The molecule has 1 aliphatic heterocycles. The zero-order valence-electron chi connectivity index (χ0n) is 16.3. The Bertz CT molecular complexity index is 1040. The average Bonchev–Trinajstić information content (AvgIpc) is 2.68. The van der Waals surface area contributed by atoms with E-state index < -0.39 is 21.7 Å². The SMILES string of the molecule is CCCS(=O)(=O)NCc1c(C)ncc2c1CCN(C(=O)c1cccc(Cl)c1F)C2. The van der Waals surface area contributed by atoms with Gasteiger partial charge in [-0.3, -0.25) is 9.78 Å². The van der Waals surface area contributed by atoms with Gasteiger partial charge >= 0.3 is 0 Å². The summed E-state index contributed by atoms with van der Waals surface area (Å²) in [6, 6.07) is 4.36. The number of fused-ring (bicyclic) bond motifs is 1. The minimum absolute atomic E-state index is 0.0615. The monoisotopic (exact) mass is 439 g/mol. The minimum Gasteiger partial charge on any atom is -0.334 e. The van der Waals surface area contributed by atoms with Crippen molar-refractivity contribution in [2.75, 3.05) is 12.3 Å². The average molecular weight is 440 g/mol. The molecule has 0 saturated carbocycles. The molecule has 2 heterocycles. The molecule has 9 heteroatoms. The second-order valence-corrected chi connectivity index (χ2v) is 9.38. The van der Waals surface area contributed by atoms with Crippen LogP contribution in [-0.2, 0) is 29.5 Å². The van der Waals surface area contributed by atoms with E-state index in [1.165, 1.54) is 12.1 Å². The zero-order chi connectivity index (χ0) is 21.2. The number of pyridine rings is 1. The lowest BCUT2D eigenvalue weighted by atomic mass is 9.94. The van der Waals surface area contributed by atoms with Crippen LogP contribution in [0.25, 0.3) is 0 Å². The van der Waals surface area contributed by atoms with E-state index in [0.717, 1.165) is 22.4 Å². The summed E-state index contributed by atoms with van der Waals surface area (Å²) >= 11 is 5.80. The molecule has 1 amide bonds. The van der Waals surface area contributed by atoms with Gasteiger partial charge in [-0.2, -0.15) is 0 Å². The molecule has 0 fully saturated rings. The van der Waals surface area contributed by atoms with E-state index in [9.17, 15) is 17.6 Å². The minimum atomic E-state index is -3.34. The molecule has 1 N–H and O–H groups in total. The van der Waals surface area contributed by atoms with Crippen LogP contribution in [0.5, 0.6) is 0 Å². The number of aromatic nitrogens is 1. The molecule has 1 aromatic heterocycles. The van der Waals surface area contributed by atoms with E-state index >= 15 is 0 Å². The van der Waals surface area contributed by atoms with Crippen LogP contribution in [0, 0.1) is 12.7 Å². The molecule has 0 radical (unpaired) electrons. The summed E-state index contributed by atoms with van der Waals surface area (Å²) in [7, 11) is -3.34. The maximum atomic E-state index is 14.2. The maximum absolute atomic E-state index is 14.2. The number of nitrogens with one attached hydrogen (secondary N) is 1. The molecular formula is C20H23ClFN3O3S. The molecule has 29 heavy (non-hydrogen) atoms. The molecule has 2 aromatic rings. The highest BCUT2D eigenvalue weighted by molar-refractivity contribution is 7.89. The molecule has 0 saturated heterocycles. The molecule has 6 nitrogen and oxygen atoms in total. The van der Waals surface area contributed by atoms with Gasteiger partial charge < -0.3 is 4.90 Å². The van der Waals surface area contributed by atoms with Gasteiger partial charge in [0.2, 0.25) is 10.0 Å². The number of hydrogen-bond acceptors (Lipinski definition) is 4. The lowest BCUT2D eigenvalue weighted by Crippen LogP contribution is -2.37. The highest BCUT2D eigenvalue weighted by Crippen LogP contribution is 2.26. The van der Waals surface area contributed by atoms with Crippen LogP contribution in [0.15, 0.2) is 24.4 Å². The highest BCUT2D eigenvalue weighted by Gasteiger charge is 2.27. The van der Waals surface area contributed by atoms with Crippen molar-refractivity contribution in [1.82, 2.24) is 14.6 Å². The van der Waals surface area contributed by atoms with Crippen molar-refractivity contribution in [1.29, 1.82) is 0 Å². The molecule has 1 aromatic carbocycles. The van der Waals surface area contributed by atoms with Gasteiger partial charge in [-0.1, -0.05) is 24.6 Å². The summed E-state index contributed by atoms with van der Waals surface area (Å²) in [5, 5.41) is -0.0906. The van der Waals surface area contributed by atoms with Crippen LogP contribution in [0.2, 0.25) is 5.02 Å². The molecule has 0 unspecified atom stereocenters. The van der Waals surface area contributed by atoms with Gasteiger partial charge in [0.25, 0.3) is 5.91 Å². The fraction of sp³-hybridized carbons (Fsp3) is 0.400. The first-order chi connectivity index (χ1) is 13.7. The van der Waals surface area contributed by atoms with Gasteiger partial charge in [0.1, 0.15) is 0 Å². The van der Waals surface area contributed by atoms with E-state index in [-0.39, 0.29) is 29.4 Å². The molecule has 3 rings (SSSR count). The highest BCUT2D eigenvalue weighted by atomic mass is 35.5. The fourth-order valence-corrected chi connectivity index (χ4v) is 4.71. The van der Waals surface area contributed by atoms with Crippen LogP contribution in [-0.4, -0.2) is 36.5 Å². The van der Waals surface area contributed by atoms with Crippen molar-refractivity contribution in [3.8, 4) is 0 Å². The Balaban J connectivity index is 1.82. The Morgan fingerprint density at radius 3 is 2.86 bits per heavy atom. The van der Waals surface area contributed by atoms with Crippen molar-refractivity contribution >= 4 is 27.5 Å². The number of sulfonamides is 1. The zero-order valence-corrected chi connectivity index (χ0v) is 17.9. The maximum Gasteiger partial charge on any atom is 0.257 e. The van der Waals surface area contributed by atoms with Crippen molar-refractivity contribution < 1.29 is 17.6 Å². The van der Waals surface area contributed by atoms with Crippen LogP contribution < -0.4 is 4.72 Å². The van der Waals surface area contributed by atoms with Crippen LogP contribution >= 0.6 is 11.6 Å². The van der Waals surface area contributed by atoms with E-state index in [0.29, 0.717) is 19.4 Å². The van der Waals surface area contributed by atoms with E-state index in [2.05, 4.69) is 9.71 Å². The predicted molar refractivity (Wildman–Crippen MR) is 110 cm³/mol. The van der Waals surface area contributed by atoms with E-state index in [1.54, 1.807) is 17.2 Å². The molecule has 156 valence electrons. The predicted octanol–water partition coefficient (Wildman–Crippen LogP) is 3.21. The molecular weight excluding hydrogens is 417 g/mol. The standard InChI is InChI=1S/C20H23ClFN3O3S/c1-3-9-29(27,28)24-11-17-13(2)23-10-14-12-25(8-7-15(14)17)20(26)16-5-4-6-18(21)19(16)22/h4-6,10,24H,3,7-9,11-12H2,1-2H3. The third-order valence-electron chi connectivity index (χ3n) is 5.01. The first-order valence-corrected chi connectivity index (χ1v) is 11.4. The van der Waals surface area contributed by atoms with Gasteiger partial charge in [-0.15, -0.1) is 0 Å². The summed E-state index contributed by atoms with van der Waals surface area (Å²) in [4.78, 5) is 18.7. The second-order valence-electron chi connectivity index (χ2n) is 7.04. The van der Waals surface area contributed by atoms with Crippen molar-refractivity contribution in [3.05, 3.63) is 63.2 Å². The summed E-state index contributed by atoms with van der Waals surface area (Å²) in [5.41, 5.74) is 3.36. The Hall–Kier alpha value is -2.03. The van der Waals surface area contributed by atoms with Gasteiger partial charge in [0, 0.05) is 31.5 Å². The number of hydrogen-bond donors (Lipinski definition) is 1. The Kier molecular flexibility index (Phi) is 6.55. The molecule has 0 atom stereocenters. The van der Waals surface area contributed by atoms with Crippen molar-refractivity contribution in [2.45, 2.75) is 39.8 Å². The first-order valence-electron chi connectivity index (χ1n) is 9.40. The number of amides is 1. The quantitative estimate of drug-likeness (QED) is 0.749. The number of carbonyl (C=O) groups excluding carboxylic acids is 1. The first kappa shape index (κ1) is 21.7. The third-order valence-corrected chi connectivity index (χ3v) is 6.83. The Labute approximate surface area is 175 Å². The normalized spacial score (nSPS) is 14.0. The van der Waals surface area contributed by atoms with Gasteiger partial charge in [0.05, 0.1) is 16.3 Å². The summed E-state index contributed by atoms with van der Waals surface area (Å²) in [6.07, 6.45) is 2.77. The largest absolute Gasteiger partial charge is 0.334 e. The summed E-state index contributed by atoms with van der Waals surface area (Å²) in [6.45, 7) is 4.49. The van der Waals surface area contributed by atoms with Gasteiger partial charge in [-0.25, -0.2) is 17.5 Å². The molecule has 1 aliphatic rings. The number of benzene rings is 1. The smallest absolute Gasteiger partial charge is 0.257 e. The summed E-state index contributed by atoms with van der Waals surface area (Å²) in [5.74, 6) is -1.08. The molecule has 0 aliphatic carbocycles. The third kappa shape index (κ3) is 4.76. The lowest BCUT2D eigenvalue weighted by molar-refractivity contribution is 0.0729. The van der Waals surface area contributed by atoms with E-state index in [1.807, 2.05) is 13.8 Å². The summed E-state index contributed by atoms with van der Waals surface area (Å²) < 4.78 is 40.9. The van der Waals surface area contributed by atoms with Crippen molar-refractivity contribution in [2.24, 2.45) is 0 Å². The Morgan fingerprint density at radius 1 is 1.38 bits per heavy atom. The lowest BCUT2D eigenvalue weighted by Gasteiger charge is -2.30. The number of aryl methyl sites for hydroxylation is 1. The number of halogens is 2. The second kappa shape index (κ2) is 8.77. The van der Waals surface area contributed by atoms with Crippen LogP contribution in [0.4, 0.5) is 4.39 Å². The molecule has 0 spiro atoms. The number of rotatable bonds is 6. The number of carbonyl (C=O) groups is 1. The van der Waals surface area contributed by atoms with Crippen LogP contribution in [0.1, 0.15) is 46.1 Å². The van der Waals surface area contributed by atoms with Crippen molar-refractivity contribution in [3.63, 3.8) is 0 Å². The van der Waals surface area contributed by atoms with Gasteiger partial charge in [-0.05, 0) is 48.6 Å². The van der Waals surface area contributed by atoms with Crippen LogP contribution in [0.3, 0.4) is 0 Å². The number of nitrogens with zero attached hydrogens (tertiary/aromatic N) is 2. The topological polar surface area (TPSA) is 79.4 Å². The van der Waals surface area contributed by atoms with Gasteiger partial charge in [0.15, 0.2) is 5.82 Å². The Morgan fingerprint density at radius 2 is 2.14 bits per heavy atom.